The Morgan fingerprint density at radius 1 is 1.11 bits per heavy atom. The van der Waals surface area contributed by atoms with E-state index in [9.17, 15) is 14.4 Å². The van der Waals surface area contributed by atoms with Crippen LogP contribution in [0.2, 0.25) is 0 Å². The first-order valence-electron chi connectivity index (χ1n) is 12.9. The van der Waals surface area contributed by atoms with E-state index in [1.807, 2.05) is 60.8 Å². The minimum atomic E-state index is -1.17. The Hall–Kier alpha value is -3.56. The maximum absolute atomic E-state index is 13.8. The van der Waals surface area contributed by atoms with Gasteiger partial charge in [-0.2, -0.15) is 5.10 Å². The Kier molecular flexibility index (Phi) is 6.49. The molecule has 3 aliphatic rings. The molecular formula is C29H28N4O3S2. The molecule has 2 aliphatic heterocycles. The molecule has 0 bridgehead atoms. The number of hydrogen-bond acceptors (Lipinski definition) is 6. The lowest BCUT2D eigenvalue weighted by molar-refractivity contribution is -0.140. The predicted octanol–water partition coefficient (Wildman–Crippen LogP) is 5.79. The minimum absolute atomic E-state index is 0.0831. The molecule has 6 rings (SSSR count). The third kappa shape index (κ3) is 4.10. The summed E-state index contributed by atoms with van der Waals surface area (Å²) in [6.45, 7) is 1.51. The zero-order valence-electron chi connectivity index (χ0n) is 21.0. The third-order valence-corrected chi connectivity index (χ3v) is 9.48. The SMILES string of the molecule is CCC1(c2ccccc2)NC(=O)N(CC(=O)N2N=C3C(=Cc4cccs4)CCCC3C2c2cccs2)C1=O. The molecule has 2 fully saturated rings. The van der Waals surface area contributed by atoms with Gasteiger partial charge in [0.05, 0.1) is 11.8 Å². The van der Waals surface area contributed by atoms with Crippen LogP contribution in [0.15, 0.2) is 76.0 Å². The number of thiophene rings is 2. The van der Waals surface area contributed by atoms with E-state index in [4.69, 9.17) is 5.10 Å². The van der Waals surface area contributed by atoms with Crippen molar-refractivity contribution in [3.05, 3.63) is 86.2 Å². The third-order valence-electron chi connectivity index (χ3n) is 7.72. The fraction of sp³-hybridized carbons (Fsp3) is 0.310. The lowest BCUT2D eigenvalue weighted by Crippen LogP contribution is -2.45. The van der Waals surface area contributed by atoms with Gasteiger partial charge in [-0.25, -0.2) is 9.80 Å². The maximum Gasteiger partial charge on any atom is 0.325 e. The maximum atomic E-state index is 13.8. The number of fused-ring (bicyclic) bond motifs is 1. The molecule has 1 saturated carbocycles. The summed E-state index contributed by atoms with van der Waals surface area (Å²) in [6.07, 6.45) is 5.43. The van der Waals surface area contributed by atoms with Crippen LogP contribution >= 0.6 is 22.7 Å². The molecule has 0 radical (unpaired) electrons. The Balaban J connectivity index is 1.31. The van der Waals surface area contributed by atoms with E-state index >= 15 is 0 Å². The number of hydrazone groups is 1. The lowest BCUT2D eigenvalue weighted by Gasteiger charge is -2.29. The summed E-state index contributed by atoms with van der Waals surface area (Å²) in [5.74, 6) is -0.677. The molecule has 38 heavy (non-hydrogen) atoms. The molecule has 4 amide bonds. The van der Waals surface area contributed by atoms with Crippen molar-refractivity contribution < 1.29 is 14.4 Å². The van der Waals surface area contributed by atoms with Gasteiger partial charge in [0, 0.05) is 15.7 Å². The largest absolute Gasteiger partial charge is 0.325 e. The zero-order chi connectivity index (χ0) is 26.3. The smallest absolute Gasteiger partial charge is 0.319 e. The van der Waals surface area contributed by atoms with Crippen LogP contribution in [0.1, 0.15) is 54.0 Å². The highest BCUT2D eigenvalue weighted by molar-refractivity contribution is 7.11. The van der Waals surface area contributed by atoms with Crippen molar-refractivity contribution in [1.29, 1.82) is 0 Å². The van der Waals surface area contributed by atoms with Crippen molar-refractivity contribution in [2.75, 3.05) is 6.54 Å². The van der Waals surface area contributed by atoms with E-state index < -0.39 is 17.5 Å². The highest BCUT2D eigenvalue weighted by Gasteiger charge is 2.53. The lowest BCUT2D eigenvalue weighted by atomic mass is 9.79. The summed E-state index contributed by atoms with van der Waals surface area (Å²) in [6, 6.07) is 16.6. The molecule has 1 aromatic carbocycles. The van der Waals surface area contributed by atoms with Gasteiger partial charge >= 0.3 is 6.03 Å². The second-order valence-corrected chi connectivity index (χ2v) is 11.8. The van der Waals surface area contributed by atoms with E-state index in [0.717, 1.165) is 45.2 Å². The van der Waals surface area contributed by atoms with Gasteiger partial charge in [0.2, 0.25) is 0 Å². The van der Waals surface area contributed by atoms with Gasteiger partial charge in [0.1, 0.15) is 12.1 Å². The Bertz CT molecular complexity index is 1420. The van der Waals surface area contributed by atoms with Gasteiger partial charge in [0.15, 0.2) is 0 Å². The normalized spacial score (nSPS) is 26.0. The van der Waals surface area contributed by atoms with Crippen LogP contribution in [0.25, 0.3) is 6.08 Å². The molecule has 3 aromatic rings. The quantitative estimate of drug-likeness (QED) is 0.399. The Labute approximate surface area is 229 Å². The van der Waals surface area contributed by atoms with Crippen molar-refractivity contribution >= 4 is 52.3 Å². The molecule has 1 saturated heterocycles. The number of urea groups is 1. The van der Waals surface area contributed by atoms with Crippen LogP contribution < -0.4 is 5.32 Å². The number of benzene rings is 1. The fourth-order valence-corrected chi connectivity index (χ4v) is 7.39. The van der Waals surface area contributed by atoms with Crippen molar-refractivity contribution in [1.82, 2.24) is 15.2 Å². The number of nitrogens with one attached hydrogen (secondary N) is 1. The van der Waals surface area contributed by atoms with Gasteiger partial charge in [-0.05, 0) is 65.8 Å². The molecular weight excluding hydrogens is 516 g/mol. The number of carbonyl (C=O) groups excluding carboxylic acids is 3. The monoisotopic (exact) mass is 544 g/mol. The first kappa shape index (κ1) is 24.8. The average Bonchev–Trinajstić information content (AvgIpc) is 3.74. The first-order valence-corrected chi connectivity index (χ1v) is 14.7. The number of hydrogen-bond donors (Lipinski definition) is 1. The van der Waals surface area contributed by atoms with Crippen LogP contribution in [-0.2, 0) is 15.1 Å². The van der Waals surface area contributed by atoms with E-state index in [0.29, 0.717) is 12.0 Å². The number of amides is 4. The number of imide groups is 1. The topological polar surface area (TPSA) is 82.1 Å². The van der Waals surface area contributed by atoms with Gasteiger partial charge in [-0.15, -0.1) is 22.7 Å². The first-order chi connectivity index (χ1) is 18.5. The predicted molar refractivity (Wildman–Crippen MR) is 150 cm³/mol. The van der Waals surface area contributed by atoms with Gasteiger partial charge in [-0.1, -0.05) is 49.4 Å². The highest BCUT2D eigenvalue weighted by Crippen LogP contribution is 2.46. The standard InChI is InChI=1S/C29H28N4O3S2/c1-2-29(20-10-4-3-5-11-20)27(35)32(28(36)30-29)18-24(34)33-26(23-14-8-16-38-23)22-13-6-9-19(25(22)31-33)17-21-12-7-15-37-21/h3-5,7-8,10-12,14-17,22,26H,2,6,9,13,18H2,1H3,(H,30,36). The molecule has 1 N–H and O–H groups in total. The van der Waals surface area contributed by atoms with E-state index in [1.54, 1.807) is 22.7 Å². The number of carbonyl (C=O) groups is 3. The molecule has 0 spiro atoms. The molecule has 3 unspecified atom stereocenters. The van der Waals surface area contributed by atoms with Crippen molar-refractivity contribution in [3.8, 4) is 0 Å². The second kappa shape index (κ2) is 9.96. The summed E-state index contributed by atoms with van der Waals surface area (Å²) in [7, 11) is 0. The molecule has 7 nitrogen and oxygen atoms in total. The number of nitrogens with zero attached hydrogens (tertiary/aromatic N) is 3. The zero-order valence-corrected chi connectivity index (χ0v) is 22.6. The summed E-state index contributed by atoms with van der Waals surface area (Å²) < 4.78 is 0. The van der Waals surface area contributed by atoms with Crippen LogP contribution in [0.3, 0.4) is 0 Å². The summed E-state index contributed by atoms with van der Waals surface area (Å²) >= 11 is 3.28. The number of allylic oxidation sites excluding steroid dienone is 1. The molecule has 2 aromatic heterocycles. The molecule has 3 atom stereocenters. The van der Waals surface area contributed by atoms with Crippen LogP contribution in [0, 0.1) is 5.92 Å². The van der Waals surface area contributed by atoms with Crippen LogP contribution in [-0.4, -0.2) is 40.0 Å². The van der Waals surface area contributed by atoms with Gasteiger partial charge in [0.25, 0.3) is 11.8 Å². The van der Waals surface area contributed by atoms with Gasteiger partial charge < -0.3 is 5.32 Å². The Morgan fingerprint density at radius 3 is 2.61 bits per heavy atom. The molecule has 9 heteroatoms. The summed E-state index contributed by atoms with van der Waals surface area (Å²) in [5, 5.41) is 13.4. The summed E-state index contributed by atoms with van der Waals surface area (Å²) in [5.41, 5.74) is 1.64. The Morgan fingerprint density at radius 2 is 1.89 bits per heavy atom. The fourth-order valence-electron chi connectivity index (χ4n) is 5.83. The molecule has 1 aliphatic carbocycles. The molecule has 4 heterocycles. The highest BCUT2D eigenvalue weighted by atomic mass is 32.1. The van der Waals surface area contributed by atoms with E-state index in [2.05, 4.69) is 22.8 Å². The van der Waals surface area contributed by atoms with Gasteiger partial charge in [-0.3, -0.25) is 14.5 Å². The summed E-state index contributed by atoms with van der Waals surface area (Å²) in [4.78, 5) is 43.8. The van der Waals surface area contributed by atoms with Crippen molar-refractivity contribution in [2.24, 2.45) is 11.0 Å². The van der Waals surface area contributed by atoms with Crippen molar-refractivity contribution in [3.63, 3.8) is 0 Å². The molecule has 194 valence electrons. The van der Waals surface area contributed by atoms with Crippen molar-refractivity contribution in [2.45, 2.75) is 44.2 Å². The van der Waals surface area contributed by atoms with E-state index in [1.165, 1.54) is 5.01 Å². The van der Waals surface area contributed by atoms with Crippen LogP contribution in [0.5, 0.6) is 0 Å². The minimum Gasteiger partial charge on any atom is -0.319 e. The van der Waals surface area contributed by atoms with E-state index in [-0.39, 0.29) is 24.4 Å². The second-order valence-electron chi connectivity index (χ2n) is 9.81. The van der Waals surface area contributed by atoms with Crippen LogP contribution in [0.4, 0.5) is 4.79 Å². The number of rotatable bonds is 6. The average molecular weight is 545 g/mol.